The predicted molar refractivity (Wildman–Crippen MR) is 134 cm³/mol. The Labute approximate surface area is 212 Å². The van der Waals surface area contributed by atoms with Crippen molar-refractivity contribution in [3.8, 4) is 11.5 Å². The van der Waals surface area contributed by atoms with E-state index in [9.17, 15) is 24.5 Å². The Morgan fingerprint density at radius 1 is 1.08 bits per heavy atom. The molecule has 2 aromatic carbocycles. The molecule has 0 atom stereocenters. The number of hydrogen-bond donors (Lipinski definition) is 0. The molecule has 3 amide bonds. The number of imide groups is 1. The third-order valence-corrected chi connectivity index (χ3v) is 6.64. The van der Waals surface area contributed by atoms with Crippen LogP contribution in [-0.4, -0.2) is 58.1 Å². The molecule has 36 heavy (non-hydrogen) atoms. The summed E-state index contributed by atoms with van der Waals surface area (Å²) in [5, 5.41) is 10.4. The Bertz CT molecular complexity index is 1210. The number of hydrogen-bond acceptors (Lipinski definition) is 8. The number of nitro benzene ring substituents is 1. The molecular formula is C25H25N3O7S. The maximum atomic E-state index is 12.9. The lowest BCUT2D eigenvalue weighted by Crippen LogP contribution is -2.32. The van der Waals surface area contributed by atoms with Crippen LogP contribution in [0, 0.1) is 10.1 Å². The summed E-state index contributed by atoms with van der Waals surface area (Å²) >= 11 is 0.824. The predicted octanol–water partition coefficient (Wildman–Crippen LogP) is 4.23. The number of carbonyl (C=O) groups is 3. The molecule has 2 saturated heterocycles. The van der Waals surface area contributed by atoms with Gasteiger partial charge in [-0.15, -0.1) is 0 Å². The molecule has 11 heteroatoms. The van der Waals surface area contributed by atoms with E-state index < -0.39 is 16.1 Å². The molecule has 0 unspecified atom stereocenters. The molecular weight excluding hydrogens is 486 g/mol. The maximum Gasteiger partial charge on any atom is 0.293 e. The van der Waals surface area contributed by atoms with Crippen molar-refractivity contribution < 1.29 is 28.8 Å². The third kappa shape index (κ3) is 5.85. The lowest BCUT2D eigenvalue weighted by molar-refractivity contribution is -0.384. The van der Waals surface area contributed by atoms with E-state index in [0.717, 1.165) is 42.6 Å². The first-order valence-corrected chi connectivity index (χ1v) is 12.3. The minimum Gasteiger partial charge on any atom is -0.490 e. The fourth-order valence-electron chi connectivity index (χ4n) is 3.89. The Balaban J connectivity index is 1.45. The van der Waals surface area contributed by atoms with Gasteiger partial charge in [0.25, 0.3) is 22.7 Å². The summed E-state index contributed by atoms with van der Waals surface area (Å²) in [5.74, 6) is 0.344. The molecule has 0 aliphatic carbocycles. The highest BCUT2D eigenvalue weighted by Crippen LogP contribution is 2.35. The van der Waals surface area contributed by atoms with Crippen molar-refractivity contribution >= 4 is 40.6 Å². The van der Waals surface area contributed by atoms with Crippen LogP contribution in [-0.2, 0) is 16.1 Å². The van der Waals surface area contributed by atoms with Gasteiger partial charge in [-0.1, -0.05) is 18.2 Å². The molecule has 0 radical (unpaired) electrons. The highest BCUT2D eigenvalue weighted by molar-refractivity contribution is 8.18. The average molecular weight is 512 g/mol. The second-order valence-corrected chi connectivity index (χ2v) is 9.20. The van der Waals surface area contributed by atoms with Crippen molar-refractivity contribution in [2.75, 3.05) is 26.3 Å². The van der Waals surface area contributed by atoms with Crippen LogP contribution in [0.3, 0.4) is 0 Å². The molecule has 2 aliphatic rings. The minimum atomic E-state index is -0.509. The Hall–Kier alpha value is -3.86. The average Bonchev–Trinajstić information content (AvgIpc) is 3.49. The van der Waals surface area contributed by atoms with Gasteiger partial charge in [-0.05, 0) is 60.9 Å². The summed E-state index contributed by atoms with van der Waals surface area (Å²) in [5.41, 5.74) is 1.18. The van der Waals surface area contributed by atoms with Crippen LogP contribution in [0.4, 0.5) is 10.5 Å². The summed E-state index contributed by atoms with van der Waals surface area (Å²) < 4.78 is 11.4. The largest absolute Gasteiger partial charge is 0.490 e. The van der Waals surface area contributed by atoms with Crippen LogP contribution in [0.1, 0.15) is 30.9 Å². The third-order valence-electron chi connectivity index (χ3n) is 5.74. The van der Waals surface area contributed by atoms with Crippen molar-refractivity contribution in [2.24, 2.45) is 0 Å². The fraction of sp³-hybridized carbons (Fsp3) is 0.320. The minimum absolute atomic E-state index is 0.0159. The summed E-state index contributed by atoms with van der Waals surface area (Å²) in [6.07, 6.45) is 3.61. The standard InChI is InChI=1S/C25H25N3O7S/c1-2-34-21-13-18(7-10-20(21)35-16-23(29)26-11-3-4-12-26)14-22-24(30)27(25(31)36-22)15-17-5-8-19(9-6-17)28(32)33/h5-10,13-14H,2-4,11-12,15-16H2,1H3/b22-14-. The topological polar surface area (TPSA) is 119 Å². The number of ether oxygens (including phenoxy) is 2. The number of carbonyl (C=O) groups excluding carboxylic acids is 3. The van der Waals surface area contributed by atoms with E-state index in [1.165, 1.54) is 24.3 Å². The van der Waals surface area contributed by atoms with E-state index >= 15 is 0 Å². The van der Waals surface area contributed by atoms with Crippen LogP contribution in [0.25, 0.3) is 6.08 Å². The zero-order valence-electron chi connectivity index (χ0n) is 19.7. The van der Waals surface area contributed by atoms with E-state index in [1.54, 1.807) is 29.2 Å². The van der Waals surface area contributed by atoms with Gasteiger partial charge in [-0.3, -0.25) is 29.4 Å². The number of nitro groups is 1. The number of benzene rings is 2. The lowest BCUT2D eigenvalue weighted by atomic mass is 10.1. The van der Waals surface area contributed by atoms with Crippen molar-refractivity contribution in [2.45, 2.75) is 26.3 Å². The summed E-state index contributed by atoms with van der Waals surface area (Å²) in [6, 6.07) is 10.8. The van der Waals surface area contributed by atoms with Gasteiger partial charge in [0.2, 0.25) is 0 Å². The number of rotatable bonds is 9. The summed E-state index contributed by atoms with van der Waals surface area (Å²) in [6.45, 7) is 3.64. The Morgan fingerprint density at radius 3 is 2.47 bits per heavy atom. The van der Waals surface area contributed by atoms with Crippen LogP contribution >= 0.6 is 11.8 Å². The Kier molecular flexibility index (Phi) is 7.89. The maximum absolute atomic E-state index is 12.9. The van der Waals surface area contributed by atoms with E-state index in [-0.39, 0.29) is 29.7 Å². The summed E-state index contributed by atoms with van der Waals surface area (Å²) in [7, 11) is 0. The zero-order chi connectivity index (χ0) is 25.7. The zero-order valence-corrected chi connectivity index (χ0v) is 20.5. The van der Waals surface area contributed by atoms with Crippen molar-refractivity contribution in [1.29, 1.82) is 0 Å². The van der Waals surface area contributed by atoms with Gasteiger partial charge >= 0.3 is 0 Å². The van der Waals surface area contributed by atoms with Gasteiger partial charge in [0.05, 0.1) is 23.0 Å². The quantitative estimate of drug-likeness (QED) is 0.279. The van der Waals surface area contributed by atoms with E-state index in [2.05, 4.69) is 0 Å². The van der Waals surface area contributed by atoms with Gasteiger partial charge < -0.3 is 14.4 Å². The summed E-state index contributed by atoms with van der Waals surface area (Å²) in [4.78, 5) is 51.1. The SMILES string of the molecule is CCOc1cc(/C=C2\SC(=O)N(Cc3ccc([N+](=O)[O-])cc3)C2=O)ccc1OCC(=O)N1CCCC1. The monoisotopic (exact) mass is 511 g/mol. The van der Waals surface area contributed by atoms with Crippen LogP contribution in [0.15, 0.2) is 47.4 Å². The van der Waals surface area contributed by atoms with Crippen molar-refractivity contribution in [1.82, 2.24) is 9.80 Å². The first-order chi connectivity index (χ1) is 17.4. The molecule has 0 N–H and O–H groups in total. The van der Waals surface area contributed by atoms with Crippen molar-refractivity contribution in [3.05, 3.63) is 68.6 Å². The number of thioether (sulfide) groups is 1. The van der Waals surface area contributed by atoms with E-state index in [0.29, 0.717) is 29.2 Å². The first kappa shape index (κ1) is 25.2. The molecule has 0 aromatic heterocycles. The molecule has 2 aliphatic heterocycles. The number of nitrogens with zero attached hydrogens (tertiary/aromatic N) is 3. The second-order valence-electron chi connectivity index (χ2n) is 8.21. The van der Waals surface area contributed by atoms with Crippen LogP contribution in [0.2, 0.25) is 0 Å². The van der Waals surface area contributed by atoms with E-state index in [1.807, 2.05) is 6.92 Å². The van der Waals surface area contributed by atoms with Gasteiger partial charge in [-0.25, -0.2) is 0 Å². The second kappa shape index (κ2) is 11.3. The molecule has 0 saturated carbocycles. The number of likely N-dealkylation sites (tertiary alicyclic amines) is 1. The number of non-ortho nitro benzene ring substituents is 1. The Morgan fingerprint density at radius 2 is 1.81 bits per heavy atom. The van der Waals surface area contributed by atoms with Gasteiger partial charge in [0.15, 0.2) is 18.1 Å². The number of amides is 3. The normalized spacial score (nSPS) is 16.6. The van der Waals surface area contributed by atoms with Gasteiger partial charge in [-0.2, -0.15) is 0 Å². The smallest absolute Gasteiger partial charge is 0.293 e. The molecule has 10 nitrogen and oxygen atoms in total. The molecule has 188 valence electrons. The van der Waals surface area contributed by atoms with E-state index in [4.69, 9.17) is 9.47 Å². The van der Waals surface area contributed by atoms with Crippen LogP contribution < -0.4 is 9.47 Å². The highest BCUT2D eigenvalue weighted by Gasteiger charge is 2.35. The van der Waals surface area contributed by atoms with Crippen LogP contribution in [0.5, 0.6) is 11.5 Å². The molecule has 2 heterocycles. The molecule has 0 spiro atoms. The van der Waals surface area contributed by atoms with Gasteiger partial charge in [0.1, 0.15) is 0 Å². The molecule has 0 bridgehead atoms. The highest BCUT2D eigenvalue weighted by atomic mass is 32.2. The molecule has 4 rings (SSSR count). The lowest BCUT2D eigenvalue weighted by Gasteiger charge is -2.17. The van der Waals surface area contributed by atoms with Gasteiger partial charge in [0, 0.05) is 25.2 Å². The van der Waals surface area contributed by atoms with Crippen molar-refractivity contribution in [3.63, 3.8) is 0 Å². The molecule has 2 aromatic rings. The fourth-order valence-corrected chi connectivity index (χ4v) is 4.73. The first-order valence-electron chi connectivity index (χ1n) is 11.5. The molecule has 2 fully saturated rings.